The number of hydrogen-bond acceptors (Lipinski definition) is 4. The van der Waals surface area contributed by atoms with Crippen LogP contribution in [0.15, 0.2) is 46.9 Å². The molecule has 24 heavy (non-hydrogen) atoms. The van der Waals surface area contributed by atoms with E-state index >= 15 is 0 Å². The molecule has 2 aromatic rings. The lowest BCUT2D eigenvalue weighted by atomic mass is 10.3. The number of ether oxygens (including phenoxy) is 2. The molecule has 1 amide bonds. The first kappa shape index (κ1) is 18.6. The number of carbonyl (C=O) groups excluding carboxylic acids is 2. The van der Waals surface area contributed by atoms with Gasteiger partial charge in [0.25, 0.3) is 5.91 Å². The smallest absolute Gasteiger partial charge is 0.344 e. The average Bonchev–Trinajstić information content (AvgIpc) is 2.54. The SMILES string of the molecule is O=C(COC(=O)COc1cccc(Br)c1)Nc1cc(Cl)ccc1Cl. The zero-order valence-electron chi connectivity index (χ0n) is 12.2. The third-order valence-corrected chi connectivity index (χ3v) is 3.78. The fourth-order valence-electron chi connectivity index (χ4n) is 1.67. The summed E-state index contributed by atoms with van der Waals surface area (Å²) in [6.45, 7) is -0.759. The fourth-order valence-corrected chi connectivity index (χ4v) is 2.38. The first-order chi connectivity index (χ1) is 11.4. The Morgan fingerprint density at radius 2 is 1.88 bits per heavy atom. The van der Waals surface area contributed by atoms with Gasteiger partial charge in [0.15, 0.2) is 13.2 Å². The second kappa shape index (κ2) is 8.92. The molecule has 0 bridgehead atoms. The lowest BCUT2D eigenvalue weighted by molar-refractivity contribution is -0.149. The molecule has 2 aromatic carbocycles. The Hall–Kier alpha value is -1.76. The summed E-state index contributed by atoms with van der Waals surface area (Å²) in [7, 11) is 0. The van der Waals surface area contributed by atoms with E-state index in [1.165, 1.54) is 6.07 Å². The highest BCUT2D eigenvalue weighted by Gasteiger charge is 2.11. The third-order valence-electron chi connectivity index (χ3n) is 2.72. The Morgan fingerprint density at radius 1 is 1.08 bits per heavy atom. The molecule has 0 aliphatic carbocycles. The Bertz CT molecular complexity index is 755. The standard InChI is InChI=1S/C16H12BrCl2NO4/c17-10-2-1-3-12(6-10)23-9-16(22)24-8-15(21)20-14-7-11(18)4-5-13(14)19/h1-7H,8-9H2,(H,20,21). The van der Waals surface area contributed by atoms with Crippen molar-refractivity contribution < 1.29 is 19.1 Å². The van der Waals surface area contributed by atoms with Gasteiger partial charge in [-0.2, -0.15) is 0 Å². The Labute approximate surface area is 157 Å². The van der Waals surface area contributed by atoms with Crippen LogP contribution >= 0.6 is 39.1 Å². The molecule has 0 unspecified atom stereocenters. The van der Waals surface area contributed by atoms with Crippen molar-refractivity contribution in [2.24, 2.45) is 0 Å². The first-order valence-corrected chi connectivity index (χ1v) is 8.28. The van der Waals surface area contributed by atoms with Crippen molar-refractivity contribution in [2.75, 3.05) is 18.5 Å². The average molecular weight is 433 g/mol. The van der Waals surface area contributed by atoms with Crippen LogP contribution in [0.25, 0.3) is 0 Å². The summed E-state index contributed by atoms with van der Waals surface area (Å²) in [4.78, 5) is 23.4. The molecule has 0 aliphatic rings. The molecule has 0 atom stereocenters. The molecule has 2 rings (SSSR count). The number of hydrogen-bond donors (Lipinski definition) is 1. The van der Waals surface area contributed by atoms with Crippen LogP contribution in [0.3, 0.4) is 0 Å². The van der Waals surface area contributed by atoms with Crippen LogP contribution in [0.5, 0.6) is 5.75 Å². The van der Waals surface area contributed by atoms with Crippen molar-refractivity contribution in [1.29, 1.82) is 0 Å². The Morgan fingerprint density at radius 3 is 2.62 bits per heavy atom. The molecule has 1 N–H and O–H groups in total. The molecule has 0 radical (unpaired) electrons. The maximum atomic E-state index is 11.8. The summed E-state index contributed by atoms with van der Waals surface area (Å²) in [5.74, 6) is -0.686. The molecule has 0 fully saturated rings. The van der Waals surface area contributed by atoms with Crippen molar-refractivity contribution >= 4 is 56.7 Å². The number of amides is 1. The van der Waals surface area contributed by atoms with Gasteiger partial charge in [-0.05, 0) is 36.4 Å². The fraction of sp³-hybridized carbons (Fsp3) is 0.125. The molecule has 0 heterocycles. The van der Waals surface area contributed by atoms with Crippen molar-refractivity contribution in [1.82, 2.24) is 0 Å². The van der Waals surface area contributed by atoms with Crippen LogP contribution in [-0.2, 0) is 14.3 Å². The van der Waals surface area contributed by atoms with Crippen LogP contribution in [0.4, 0.5) is 5.69 Å². The van der Waals surface area contributed by atoms with Crippen molar-refractivity contribution in [3.8, 4) is 5.75 Å². The minimum atomic E-state index is -0.665. The molecular weight excluding hydrogens is 421 g/mol. The van der Waals surface area contributed by atoms with Gasteiger partial charge in [0, 0.05) is 9.50 Å². The van der Waals surface area contributed by atoms with E-state index in [9.17, 15) is 9.59 Å². The van der Waals surface area contributed by atoms with Gasteiger partial charge in [0.05, 0.1) is 10.7 Å². The quantitative estimate of drug-likeness (QED) is 0.690. The van der Waals surface area contributed by atoms with E-state index in [1.54, 1.807) is 30.3 Å². The van der Waals surface area contributed by atoms with E-state index < -0.39 is 18.5 Å². The number of rotatable bonds is 6. The van der Waals surface area contributed by atoms with Crippen molar-refractivity contribution in [3.63, 3.8) is 0 Å². The number of anilines is 1. The zero-order valence-corrected chi connectivity index (χ0v) is 15.3. The maximum Gasteiger partial charge on any atom is 0.344 e. The topological polar surface area (TPSA) is 64.6 Å². The van der Waals surface area contributed by atoms with E-state index in [1.807, 2.05) is 6.07 Å². The molecular formula is C16H12BrCl2NO4. The summed E-state index contributed by atoms with van der Waals surface area (Å²) in [5.41, 5.74) is 0.343. The molecule has 0 aliphatic heterocycles. The zero-order chi connectivity index (χ0) is 17.5. The van der Waals surface area contributed by atoms with Gasteiger partial charge < -0.3 is 14.8 Å². The second-order valence-electron chi connectivity index (χ2n) is 4.58. The van der Waals surface area contributed by atoms with E-state index in [2.05, 4.69) is 21.2 Å². The molecule has 8 heteroatoms. The number of halogens is 3. The van der Waals surface area contributed by atoms with E-state index in [4.69, 9.17) is 32.7 Å². The highest BCUT2D eigenvalue weighted by Crippen LogP contribution is 2.25. The van der Waals surface area contributed by atoms with Gasteiger partial charge in [-0.3, -0.25) is 4.79 Å². The molecule has 5 nitrogen and oxygen atoms in total. The van der Waals surface area contributed by atoms with Gasteiger partial charge in [-0.15, -0.1) is 0 Å². The van der Waals surface area contributed by atoms with Gasteiger partial charge >= 0.3 is 5.97 Å². The maximum absolute atomic E-state index is 11.8. The van der Waals surface area contributed by atoms with Crippen LogP contribution in [-0.4, -0.2) is 25.1 Å². The minimum Gasteiger partial charge on any atom is -0.482 e. The van der Waals surface area contributed by atoms with Crippen molar-refractivity contribution in [3.05, 3.63) is 57.0 Å². The molecule has 0 saturated carbocycles. The van der Waals surface area contributed by atoms with E-state index in [0.717, 1.165) is 4.47 Å². The van der Waals surface area contributed by atoms with E-state index in [0.29, 0.717) is 21.5 Å². The Kier molecular flexibility index (Phi) is 6.90. The molecule has 0 saturated heterocycles. The van der Waals surface area contributed by atoms with Gasteiger partial charge in [0.1, 0.15) is 5.75 Å². The minimum absolute atomic E-state index is 0.304. The summed E-state index contributed by atoms with van der Waals surface area (Å²) in [6.07, 6.45) is 0. The van der Waals surface area contributed by atoms with E-state index in [-0.39, 0.29) is 6.61 Å². The number of nitrogens with one attached hydrogen (secondary N) is 1. The van der Waals surface area contributed by atoms with Gasteiger partial charge in [-0.1, -0.05) is 45.2 Å². The predicted molar refractivity (Wildman–Crippen MR) is 95.7 cm³/mol. The lowest BCUT2D eigenvalue weighted by Gasteiger charge is -2.09. The summed E-state index contributed by atoms with van der Waals surface area (Å²) >= 11 is 15.0. The summed E-state index contributed by atoms with van der Waals surface area (Å²) in [6, 6.07) is 11.7. The first-order valence-electron chi connectivity index (χ1n) is 6.73. The summed E-state index contributed by atoms with van der Waals surface area (Å²) in [5, 5.41) is 3.26. The lowest BCUT2D eigenvalue weighted by Crippen LogP contribution is -2.23. The highest BCUT2D eigenvalue weighted by atomic mass is 79.9. The normalized spacial score (nSPS) is 10.1. The predicted octanol–water partition coefficient (Wildman–Crippen LogP) is 4.32. The second-order valence-corrected chi connectivity index (χ2v) is 6.34. The summed E-state index contributed by atoms with van der Waals surface area (Å²) < 4.78 is 10.9. The largest absolute Gasteiger partial charge is 0.482 e. The number of benzene rings is 2. The third kappa shape index (κ3) is 6.03. The number of carbonyl (C=O) groups is 2. The molecule has 126 valence electrons. The molecule has 0 spiro atoms. The van der Waals surface area contributed by atoms with Gasteiger partial charge in [0.2, 0.25) is 0 Å². The van der Waals surface area contributed by atoms with Crippen LogP contribution < -0.4 is 10.1 Å². The number of esters is 1. The van der Waals surface area contributed by atoms with Crippen LogP contribution in [0, 0.1) is 0 Å². The van der Waals surface area contributed by atoms with Gasteiger partial charge in [-0.25, -0.2) is 4.79 Å². The Balaban J connectivity index is 1.77. The van der Waals surface area contributed by atoms with Crippen LogP contribution in [0.1, 0.15) is 0 Å². The highest BCUT2D eigenvalue weighted by molar-refractivity contribution is 9.10. The monoisotopic (exact) mass is 431 g/mol. The molecule has 0 aromatic heterocycles. The van der Waals surface area contributed by atoms with Crippen LogP contribution in [0.2, 0.25) is 10.0 Å². The van der Waals surface area contributed by atoms with Crippen molar-refractivity contribution in [2.45, 2.75) is 0 Å².